The maximum atomic E-state index is 11.5. The molecule has 1 fully saturated rings. The lowest BCUT2D eigenvalue weighted by Gasteiger charge is -2.14. The van der Waals surface area contributed by atoms with E-state index < -0.39 is 10.8 Å². The number of benzene rings is 1. The lowest BCUT2D eigenvalue weighted by molar-refractivity contribution is -0.384. The number of nitro groups is 1. The number of ketones is 1. The summed E-state index contributed by atoms with van der Waals surface area (Å²) >= 11 is 0. The Kier molecular flexibility index (Phi) is 2.77. The highest BCUT2D eigenvalue weighted by Crippen LogP contribution is 2.31. The van der Waals surface area contributed by atoms with E-state index >= 15 is 0 Å². The molecule has 7 nitrogen and oxygen atoms in total. The molecule has 90 valence electrons. The number of Topliss-reactive ketones (excluding diaryl/α,β-unsaturated/α-hetero) is 1. The molecule has 0 aromatic heterocycles. The van der Waals surface area contributed by atoms with Crippen molar-refractivity contribution >= 4 is 23.1 Å². The largest absolute Gasteiger partial charge is 0.299 e. The van der Waals surface area contributed by atoms with Crippen LogP contribution in [0, 0.1) is 21.4 Å². The first kappa shape index (κ1) is 11.7. The van der Waals surface area contributed by atoms with Gasteiger partial charge in [-0.25, -0.2) is 0 Å². The van der Waals surface area contributed by atoms with Crippen LogP contribution < -0.4 is 4.90 Å². The van der Waals surface area contributed by atoms with Crippen LogP contribution in [-0.4, -0.2) is 23.2 Å². The van der Waals surface area contributed by atoms with Crippen LogP contribution in [-0.2, 0) is 9.59 Å². The lowest BCUT2D eigenvalue weighted by Crippen LogP contribution is -2.25. The predicted molar refractivity (Wildman–Crippen MR) is 59.8 cm³/mol. The number of nitriles is 1. The smallest absolute Gasteiger partial charge is 0.294 e. The fraction of sp³-hybridized carbons (Fsp3) is 0.182. The first-order valence-electron chi connectivity index (χ1n) is 5.03. The molecular formula is C11H7N3O4. The maximum Gasteiger partial charge on any atom is 0.294 e. The molecular weight excluding hydrogens is 238 g/mol. The standard InChI is InChI=1S/C11H7N3O4/c12-5-7-1-2-9(10(3-7)14(17)18)13-6-8(15)4-11(13)16/h1-3H,4,6H2. The number of amides is 1. The van der Waals surface area contributed by atoms with Crippen molar-refractivity contribution in [1.82, 2.24) is 0 Å². The maximum absolute atomic E-state index is 11.5. The molecule has 1 aromatic rings. The molecule has 1 aliphatic heterocycles. The van der Waals surface area contributed by atoms with Gasteiger partial charge in [0.15, 0.2) is 5.78 Å². The highest BCUT2D eigenvalue weighted by atomic mass is 16.6. The Hall–Kier alpha value is -2.75. The number of nitrogens with zero attached hydrogens (tertiary/aromatic N) is 3. The summed E-state index contributed by atoms with van der Waals surface area (Å²) in [5.41, 5.74) is -0.171. The van der Waals surface area contributed by atoms with Crippen LogP contribution in [0.25, 0.3) is 0 Å². The van der Waals surface area contributed by atoms with Gasteiger partial charge in [0.1, 0.15) is 5.69 Å². The summed E-state index contributed by atoms with van der Waals surface area (Å²) in [5, 5.41) is 19.6. The van der Waals surface area contributed by atoms with Crippen molar-refractivity contribution in [2.45, 2.75) is 6.42 Å². The summed E-state index contributed by atoms with van der Waals surface area (Å²) in [7, 11) is 0. The number of anilines is 1. The first-order chi connectivity index (χ1) is 8.52. The van der Waals surface area contributed by atoms with Crippen LogP contribution in [0.2, 0.25) is 0 Å². The molecule has 1 amide bonds. The van der Waals surface area contributed by atoms with Crippen molar-refractivity contribution in [2.24, 2.45) is 0 Å². The van der Waals surface area contributed by atoms with Crippen LogP contribution in [0.15, 0.2) is 18.2 Å². The van der Waals surface area contributed by atoms with E-state index in [-0.39, 0.29) is 35.7 Å². The molecule has 7 heteroatoms. The van der Waals surface area contributed by atoms with E-state index in [1.54, 1.807) is 6.07 Å². The van der Waals surface area contributed by atoms with Gasteiger partial charge in [0.2, 0.25) is 5.91 Å². The zero-order valence-corrected chi connectivity index (χ0v) is 9.12. The summed E-state index contributed by atoms with van der Waals surface area (Å²) < 4.78 is 0. The minimum absolute atomic E-state index is 0.0508. The minimum Gasteiger partial charge on any atom is -0.299 e. The van der Waals surface area contributed by atoms with Crippen LogP contribution in [0.3, 0.4) is 0 Å². The molecule has 1 aliphatic rings. The van der Waals surface area contributed by atoms with Crippen molar-refractivity contribution in [3.8, 4) is 6.07 Å². The molecule has 0 N–H and O–H groups in total. The fourth-order valence-electron chi connectivity index (χ4n) is 1.77. The zero-order chi connectivity index (χ0) is 13.3. The van der Waals surface area contributed by atoms with E-state index in [1.807, 2.05) is 0 Å². The van der Waals surface area contributed by atoms with Crippen LogP contribution >= 0.6 is 0 Å². The van der Waals surface area contributed by atoms with Gasteiger partial charge in [0.25, 0.3) is 5.69 Å². The summed E-state index contributed by atoms with van der Waals surface area (Å²) in [6.07, 6.45) is -0.239. The normalized spacial score (nSPS) is 14.7. The number of hydrogen-bond acceptors (Lipinski definition) is 5. The van der Waals surface area contributed by atoms with Crippen molar-refractivity contribution in [3.63, 3.8) is 0 Å². The summed E-state index contributed by atoms with van der Waals surface area (Å²) in [5.74, 6) is -0.744. The number of rotatable bonds is 2. The van der Waals surface area contributed by atoms with Crippen LogP contribution in [0.5, 0.6) is 0 Å². The predicted octanol–water partition coefficient (Wildman–Crippen LogP) is 0.772. The van der Waals surface area contributed by atoms with E-state index in [4.69, 9.17) is 5.26 Å². The fourth-order valence-corrected chi connectivity index (χ4v) is 1.77. The molecule has 2 rings (SSSR count). The number of hydrogen-bond donors (Lipinski definition) is 0. The van der Waals surface area contributed by atoms with Crippen molar-refractivity contribution in [2.75, 3.05) is 11.4 Å². The van der Waals surface area contributed by atoms with E-state index in [9.17, 15) is 19.7 Å². The molecule has 0 aliphatic carbocycles. The Morgan fingerprint density at radius 1 is 1.39 bits per heavy atom. The third-order valence-corrected chi connectivity index (χ3v) is 2.58. The Labute approximate surface area is 101 Å². The third kappa shape index (κ3) is 1.91. The molecule has 0 spiro atoms. The Bertz CT molecular complexity index is 603. The summed E-state index contributed by atoms with van der Waals surface area (Å²) in [6.45, 7) is -0.161. The van der Waals surface area contributed by atoms with Gasteiger partial charge in [-0.3, -0.25) is 24.6 Å². The summed E-state index contributed by atoms with van der Waals surface area (Å²) in [6, 6.07) is 5.56. The van der Waals surface area contributed by atoms with Gasteiger partial charge >= 0.3 is 0 Å². The second kappa shape index (κ2) is 4.25. The van der Waals surface area contributed by atoms with Gasteiger partial charge < -0.3 is 0 Å². The number of carbonyl (C=O) groups excluding carboxylic acids is 2. The van der Waals surface area contributed by atoms with E-state index in [1.165, 1.54) is 12.1 Å². The third-order valence-electron chi connectivity index (χ3n) is 2.58. The highest BCUT2D eigenvalue weighted by molar-refractivity contribution is 6.15. The zero-order valence-electron chi connectivity index (χ0n) is 9.12. The molecule has 1 aromatic carbocycles. The van der Waals surface area contributed by atoms with Gasteiger partial charge in [0, 0.05) is 6.07 Å². The average molecular weight is 245 g/mol. The molecule has 18 heavy (non-hydrogen) atoms. The van der Waals surface area contributed by atoms with E-state index in [2.05, 4.69) is 0 Å². The Morgan fingerprint density at radius 3 is 2.61 bits per heavy atom. The van der Waals surface area contributed by atoms with Crippen LogP contribution in [0.1, 0.15) is 12.0 Å². The topological polar surface area (TPSA) is 104 Å². The monoisotopic (exact) mass is 245 g/mol. The number of nitro benzene ring substituents is 1. The first-order valence-corrected chi connectivity index (χ1v) is 5.03. The number of carbonyl (C=O) groups is 2. The lowest BCUT2D eigenvalue weighted by atomic mass is 10.1. The van der Waals surface area contributed by atoms with Crippen molar-refractivity contribution in [1.29, 1.82) is 5.26 Å². The molecule has 0 saturated carbocycles. The van der Waals surface area contributed by atoms with Gasteiger partial charge in [-0.15, -0.1) is 0 Å². The molecule has 0 atom stereocenters. The van der Waals surface area contributed by atoms with E-state index in [0.717, 1.165) is 11.0 Å². The van der Waals surface area contributed by atoms with Gasteiger partial charge in [0.05, 0.1) is 29.5 Å². The van der Waals surface area contributed by atoms with Crippen LogP contribution in [0.4, 0.5) is 11.4 Å². The molecule has 1 saturated heterocycles. The Morgan fingerprint density at radius 2 is 2.11 bits per heavy atom. The molecule has 0 radical (unpaired) electrons. The van der Waals surface area contributed by atoms with Crippen molar-refractivity contribution in [3.05, 3.63) is 33.9 Å². The highest BCUT2D eigenvalue weighted by Gasteiger charge is 2.32. The van der Waals surface area contributed by atoms with Gasteiger partial charge in [-0.1, -0.05) is 0 Å². The quantitative estimate of drug-likeness (QED) is 0.434. The van der Waals surface area contributed by atoms with Crippen molar-refractivity contribution < 1.29 is 14.5 Å². The second-order valence-corrected chi connectivity index (χ2v) is 3.77. The van der Waals surface area contributed by atoms with Gasteiger partial charge in [-0.05, 0) is 12.1 Å². The molecule has 1 heterocycles. The Balaban J connectivity index is 2.51. The average Bonchev–Trinajstić information content (AvgIpc) is 2.67. The second-order valence-electron chi connectivity index (χ2n) is 3.77. The molecule has 0 unspecified atom stereocenters. The van der Waals surface area contributed by atoms with Gasteiger partial charge in [-0.2, -0.15) is 5.26 Å². The summed E-state index contributed by atoms with van der Waals surface area (Å²) in [4.78, 5) is 34.0. The van der Waals surface area contributed by atoms with E-state index in [0.29, 0.717) is 0 Å². The SMILES string of the molecule is N#Cc1ccc(N2CC(=O)CC2=O)c([N+](=O)[O-])c1. The molecule has 0 bridgehead atoms. The minimum atomic E-state index is -0.674.